The molecule has 0 radical (unpaired) electrons. The molecule has 2 unspecified atom stereocenters. The Morgan fingerprint density at radius 2 is 1.67 bits per heavy atom. The number of hydrogen-bond donors (Lipinski definition) is 1. The molecule has 2 atom stereocenters. The molecule has 2 aromatic carbocycles. The average molecular weight is 404 g/mol. The van der Waals surface area contributed by atoms with E-state index in [9.17, 15) is 9.59 Å². The second-order valence-electron chi connectivity index (χ2n) is 10.6. The summed E-state index contributed by atoms with van der Waals surface area (Å²) in [5.41, 5.74) is 6.07. The second-order valence-corrected chi connectivity index (χ2v) is 10.6. The van der Waals surface area contributed by atoms with Crippen LogP contribution < -0.4 is 10.7 Å². The highest BCUT2D eigenvalue weighted by atomic mass is 16.2. The van der Waals surface area contributed by atoms with Gasteiger partial charge in [-0.2, -0.15) is 0 Å². The van der Waals surface area contributed by atoms with Crippen LogP contribution in [0.5, 0.6) is 0 Å². The van der Waals surface area contributed by atoms with Crippen molar-refractivity contribution in [2.45, 2.75) is 57.5 Å². The lowest BCUT2D eigenvalue weighted by atomic mass is 9.47. The molecule has 5 fully saturated rings. The van der Waals surface area contributed by atoms with Crippen LogP contribution in [-0.2, 0) is 9.59 Å². The molecule has 156 valence electrons. The number of fused-ring (bicyclic) bond motifs is 1. The number of rotatable bonds is 3. The van der Waals surface area contributed by atoms with Crippen LogP contribution in [-0.4, -0.2) is 28.4 Å². The third-order valence-electron chi connectivity index (χ3n) is 8.50. The fourth-order valence-electron chi connectivity index (χ4n) is 7.46. The lowest BCUT2D eigenvalue weighted by Gasteiger charge is -2.67. The molecule has 2 aromatic rings. The van der Waals surface area contributed by atoms with Crippen molar-refractivity contribution in [3.63, 3.8) is 0 Å². The number of hydrogen-bond acceptors (Lipinski definition) is 3. The molecule has 5 heteroatoms. The summed E-state index contributed by atoms with van der Waals surface area (Å²) >= 11 is 0. The smallest absolute Gasteiger partial charge is 0.268 e. The molecule has 4 bridgehead atoms. The largest absolute Gasteiger partial charge is 0.369 e. The van der Waals surface area contributed by atoms with Gasteiger partial charge in [-0.25, -0.2) is 5.01 Å². The molecular weight excluding hydrogens is 374 g/mol. The summed E-state index contributed by atoms with van der Waals surface area (Å²) in [7, 11) is 0. The number of primary amides is 1. The predicted molar refractivity (Wildman–Crippen MR) is 116 cm³/mol. The number of carbonyl (C=O) groups is 2. The van der Waals surface area contributed by atoms with Crippen molar-refractivity contribution < 1.29 is 9.59 Å². The maximum absolute atomic E-state index is 13.4. The van der Waals surface area contributed by atoms with E-state index in [-0.39, 0.29) is 23.3 Å². The van der Waals surface area contributed by atoms with E-state index in [1.54, 1.807) is 0 Å². The van der Waals surface area contributed by atoms with E-state index in [0.29, 0.717) is 17.8 Å². The van der Waals surface area contributed by atoms with Crippen LogP contribution in [0.4, 0.5) is 5.69 Å². The molecular formula is C25H29N3O2. The Bertz CT molecular complexity index is 1060. The zero-order valence-corrected chi connectivity index (χ0v) is 17.7. The van der Waals surface area contributed by atoms with E-state index in [2.05, 4.69) is 52.5 Å². The number of benzene rings is 2. The van der Waals surface area contributed by atoms with Gasteiger partial charge >= 0.3 is 0 Å². The van der Waals surface area contributed by atoms with Crippen molar-refractivity contribution >= 4 is 28.3 Å². The van der Waals surface area contributed by atoms with Gasteiger partial charge in [0.15, 0.2) is 0 Å². The zero-order chi connectivity index (χ0) is 20.8. The first-order valence-corrected chi connectivity index (χ1v) is 11.2. The van der Waals surface area contributed by atoms with Crippen LogP contribution >= 0.6 is 0 Å². The molecule has 0 aromatic heterocycles. The lowest BCUT2D eigenvalue weighted by molar-refractivity contribution is -0.179. The molecule has 1 heterocycles. The quantitative estimate of drug-likeness (QED) is 0.846. The maximum atomic E-state index is 13.4. The molecule has 1 saturated heterocycles. The zero-order valence-electron chi connectivity index (χ0n) is 17.7. The van der Waals surface area contributed by atoms with E-state index in [0.717, 1.165) is 37.8 Å². The first-order valence-electron chi connectivity index (χ1n) is 11.2. The third-order valence-corrected chi connectivity index (χ3v) is 8.50. The normalized spacial score (nSPS) is 36.3. The van der Waals surface area contributed by atoms with Crippen molar-refractivity contribution in [2.75, 3.05) is 5.01 Å². The van der Waals surface area contributed by atoms with Crippen LogP contribution in [0.2, 0.25) is 0 Å². The highest BCUT2D eigenvalue weighted by Crippen LogP contribution is 2.62. The minimum absolute atomic E-state index is 0.124. The van der Waals surface area contributed by atoms with Gasteiger partial charge in [0.05, 0.1) is 11.7 Å². The summed E-state index contributed by atoms with van der Waals surface area (Å²) in [5, 5.41) is 6.65. The topological polar surface area (TPSA) is 66.6 Å². The highest BCUT2D eigenvalue weighted by Gasteiger charge is 2.65. The minimum Gasteiger partial charge on any atom is -0.369 e. The van der Waals surface area contributed by atoms with Gasteiger partial charge in [0, 0.05) is 10.8 Å². The summed E-state index contributed by atoms with van der Waals surface area (Å²) < 4.78 is 0. The maximum Gasteiger partial charge on any atom is 0.268 e. The number of nitrogens with two attached hydrogens (primary N) is 1. The molecule has 5 nitrogen and oxygen atoms in total. The molecule has 7 rings (SSSR count). The lowest BCUT2D eigenvalue weighted by Crippen LogP contribution is -2.80. The highest BCUT2D eigenvalue weighted by molar-refractivity contribution is 6.03. The molecule has 1 aliphatic heterocycles. The molecule has 4 aliphatic carbocycles. The number of anilines is 1. The predicted octanol–water partition coefficient (Wildman–Crippen LogP) is 3.86. The van der Waals surface area contributed by atoms with Gasteiger partial charge in [0.25, 0.3) is 5.91 Å². The Hall–Kier alpha value is -2.56. The van der Waals surface area contributed by atoms with Crippen LogP contribution in [0.25, 0.3) is 10.8 Å². The van der Waals surface area contributed by atoms with E-state index in [1.165, 1.54) is 10.8 Å². The summed E-state index contributed by atoms with van der Waals surface area (Å²) in [4.78, 5) is 25.8. The van der Waals surface area contributed by atoms with Crippen LogP contribution in [0.3, 0.4) is 0 Å². The summed E-state index contributed by atoms with van der Waals surface area (Å²) in [6, 6.07) is 14.9. The van der Waals surface area contributed by atoms with Gasteiger partial charge in [0.1, 0.15) is 5.54 Å². The Morgan fingerprint density at radius 1 is 1.00 bits per heavy atom. The molecule has 4 saturated carbocycles. The van der Waals surface area contributed by atoms with E-state index < -0.39 is 5.54 Å². The van der Waals surface area contributed by atoms with Crippen molar-refractivity contribution in [3.05, 3.63) is 42.5 Å². The first-order chi connectivity index (χ1) is 14.3. The van der Waals surface area contributed by atoms with Gasteiger partial charge in [-0.15, -0.1) is 0 Å². The standard InChI is InChI=1S/C25H29N3O2/c1-24(2)23(30)27(28(24)20-9-5-7-16-6-3-4-8-19(16)20)21-17-10-15-11-18(21)14-25(12-15,13-17)22(26)29/h3-9,15,17-18,21H,10-14H2,1-2H3,(H2,26,29). The number of amides is 2. The Balaban J connectivity index is 1.42. The number of carbonyl (C=O) groups excluding carboxylic acids is 2. The average Bonchev–Trinajstić information content (AvgIpc) is 2.71. The Morgan fingerprint density at radius 3 is 2.37 bits per heavy atom. The SMILES string of the molecule is CC1(C)C(=O)N(C2C3CC4CC2CC(C(N)=O)(C4)C3)N1c1cccc2ccccc12. The Kier molecular flexibility index (Phi) is 3.51. The monoisotopic (exact) mass is 403 g/mol. The molecule has 2 N–H and O–H groups in total. The molecule has 0 spiro atoms. The van der Waals surface area contributed by atoms with E-state index in [1.807, 2.05) is 13.8 Å². The van der Waals surface area contributed by atoms with Crippen molar-refractivity contribution in [3.8, 4) is 0 Å². The fraction of sp³-hybridized carbons (Fsp3) is 0.520. The van der Waals surface area contributed by atoms with Gasteiger partial charge < -0.3 is 5.73 Å². The minimum atomic E-state index is -0.569. The molecule has 5 aliphatic rings. The van der Waals surface area contributed by atoms with Crippen molar-refractivity contribution in [1.29, 1.82) is 0 Å². The second kappa shape index (κ2) is 5.77. The van der Waals surface area contributed by atoms with Crippen molar-refractivity contribution in [1.82, 2.24) is 5.01 Å². The summed E-state index contributed by atoms with van der Waals surface area (Å²) in [6.07, 6.45) is 4.86. The Labute approximate surface area is 177 Å². The summed E-state index contributed by atoms with van der Waals surface area (Å²) in [5.74, 6) is 1.38. The van der Waals surface area contributed by atoms with Gasteiger partial charge in [-0.1, -0.05) is 36.4 Å². The summed E-state index contributed by atoms with van der Waals surface area (Å²) in [6.45, 7) is 4.04. The number of hydrazine groups is 1. The third kappa shape index (κ3) is 2.18. The van der Waals surface area contributed by atoms with Crippen LogP contribution in [0.15, 0.2) is 42.5 Å². The molecule has 30 heavy (non-hydrogen) atoms. The van der Waals surface area contributed by atoms with E-state index in [4.69, 9.17) is 5.73 Å². The van der Waals surface area contributed by atoms with Gasteiger partial charge in [-0.3, -0.25) is 14.6 Å². The van der Waals surface area contributed by atoms with E-state index >= 15 is 0 Å². The fourth-order valence-corrected chi connectivity index (χ4v) is 7.46. The van der Waals surface area contributed by atoms with Crippen LogP contribution in [0.1, 0.15) is 46.0 Å². The first kappa shape index (κ1) is 18.2. The van der Waals surface area contributed by atoms with Gasteiger partial charge in [-0.05, 0) is 75.2 Å². The van der Waals surface area contributed by atoms with Gasteiger partial charge in [0.2, 0.25) is 5.91 Å². The molecule has 2 amide bonds. The van der Waals surface area contributed by atoms with Crippen LogP contribution in [0, 0.1) is 23.2 Å². The number of nitrogens with zero attached hydrogens (tertiary/aromatic N) is 2. The van der Waals surface area contributed by atoms with Crippen molar-refractivity contribution in [2.24, 2.45) is 28.9 Å².